The Kier molecular flexibility index (Phi) is 4.86. The number of rotatable bonds is 4. The Bertz CT molecular complexity index is 828. The number of hydrogen-bond donors (Lipinski definition) is 1. The number of aromatic nitrogens is 2. The summed E-state index contributed by atoms with van der Waals surface area (Å²) < 4.78 is 51.3. The lowest BCUT2D eigenvalue weighted by atomic mass is 9.93. The number of carbonyl (C=O) groups excluding carboxylic acids is 1. The molecule has 2 rings (SSSR count). The predicted octanol–water partition coefficient (Wildman–Crippen LogP) is 3.61. The molecule has 0 aliphatic heterocycles. The monoisotopic (exact) mass is 342 g/mol. The van der Waals surface area contributed by atoms with Crippen LogP contribution in [-0.4, -0.2) is 15.8 Å². The van der Waals surface area contributed by atoms with E-state index in [2.05, 4.69) is 9.97 Å². The van der Waals surface area contributed by atoms with Crippen molar-refractivity contribution in [1.82, 2.24) is 9.97 Å². The molecule has 1 aromatic carbocycles. The molecule has 0 saturated heterocycles. The molecule has 0 spiro atoms. The first kappa shape index (κ1) is 17.8. The van der Waals surface area contributed by atoms with E-state index < -0.39 is 34.8 Å². The highest BCUT2D eigenvalue weighted by Gasteiger charge is 2.34. The van der Waals surface area contributed by atoms with Crippen LogP contribution in [0.5, 0.6) is 0 Å². The zero-order valence-corrected chi connectivity index (χ0v) is 12.9. The molecule has 1 N–H and O–H groups in total. The number of nitrogens with zero attached hydrogens (tertiary/aromatic N) is 1. The highest BCUT2D eigenvalue weighted by Crippen LogP contribution is 2.33. The number of aromatic amines is 1. The third kappa shape index (κ3) is 4.06. The van der Waals surface area contributed by atoms with Gasteiger partial charge in [-0.1, -0.05) is 13.0 Å². The zero-order valence-electron chi connectivity index (χ0n) is 12.9. The molecule has 0 unspecified atom stereocenters. The molecule has 0 aliphatic rings. The van der Waals surface area contributed by atoms with Crippen molar-refractivity contribution in [2.45, 2.75) is 32.4 Å². The van der Waals surface area contributed by atoms with Crippen molar-refractivity contribution < 1.29 is 22.4 Å². The van der Waals surface area contributed by atoms with Crippen LogP contribution >= 0.6 is 0 Å². The van der Waals surface area contributed by atoms with E-state index in [0.29, 0.717) is 6.07 Å². The summed E-state index contributed by atoms with van der Waals surface area (Å²) in [6, 6.07) is 3.62. The smallest absolute Gasteiger partial charge is 0.311 e. The van der Waals surface area contributed by atoms with E-state index in [1.807, 2.05) is 0 Å². The number of carbonyl (C=O) groups is 1. The van der Waals surface area contributed by atoms with E-state index in [1.54, 1.807) is 6.92 Å². The Morgan fingerprint density at radius 1 is 1.29 bits per heavy atom. The molecule has 8 heteroatoms. The molecule has 24 heavy (non-hydrogen) atoms. The highest BCUT2D eigenvalue weighted by atomic mass is 19.4. The number of aryl methyl sites for hydroxylation is 1. The maximum absolute atomic E-state index is 13.6. The maximum Gasteiger partial charge on any atom is 0.419 e. The normalized spacial score (nSPS) is 12.9. The third-order valence-corrected chi connectivity index (χ3v) is 3.50. The first-order chi connectivity index (χ1) is 11.1. The minimum Gasteiger partial charge on any atom is -0.311 e. The van der Waals surface area contributed by atoms with Gasteiger partial charge in [0.1, 0.15) is 17.3 Å². The van der Waals surface area contributed by atoms with Gasteiger partial charge < -0.3 is 4.98 Å². The predicted molar refractivity (Wildman–Crippen MR) is 78.4 cm³/mol. The van der Waals surface area contributed by atoms with Crippen LogP contribution in [0.25, 0.3) is 0 Å². The molecule has 0 fully saturated rings. The molecular weight excluding hydrogens is 328 g/mol. The lowest BCUT2D eigenvalue weighted by Crippen LogP contribution is -2.15. The fourth-order valence-electron chi connectivity index (χ4n) is 2.29. The molecule has 1 aromatic heterocycles. The Balaban J connectivity index is 2.20. The summed E-state index contributed by atoms with van der Waals surface area (Å²) in [6.45, 7) is 3.10. The van der Waals surface area contributed by atoms with E-state index in [4.69, 9.17) is 0 Å². The van der Waals surface area contributed by atoms with Crippen molar-refractivity contribution in [3.63, 3.8) is 0 Å². The maximum atomic E-state index is 13.6. The fourth-order valence-corrected chi connectivity index (χ4v) is 2.29. The van der Waals surface area contributed by atoms with Gasteiger partial charge in [-0.2, -0.15) is 13.2 Å². The largest absolute Gasteiger partial charge is 0.419 e. The molecule has 0 bridgehead atoms. The molecule has 128 valence electrons. The fraction of sp³-hybridized carbons (Fsp3) is 0.312. The van der Waals surface area contributed by atoms with Crippen LogP contribution in [-0.2, 0) is 6.18 Å². The molecule has 1 heterocycles. The van der Waals surface area contributed by atoms with Gasteiger partial charge >= 0.3 is 6.18 Å². The number of alkyl halides is 3. The number of halogens is 4. The minimum atomic E-state index is -4.77. The summed E-state index contributed by atoms with van der Waals surface area (Å²) in [7, 11) is 0. The number of benzene rings is 1. The Labute approximate surface area is 134 Å². The second-order valence-corrected chi connectivity index (χ2v) is 5.48. The van der Waals surface area contributed by atoms with E-state index >= 15 is 0 Å². The van der Waals surface area contributed by atoms with Crippen molar-refractivity contribution in [2.75, 3.05) is 0 Å². The molecule has 2 aromatic rings. The lowest BCUT2D eigenvalue weighted by molar-refractivity contribution is -0.140. The van der Waals surface area contributed by atoms with Gasteiger partial charge in [0, 0.05) is 12.5 Å². The van der Waals surface area contributed by atoms with E-state index in [1.165, 1.54) is 6.92 Å². The van der Waals surface area contributed by atoms with Gasteiger partial charge in [-0.05, 0) is 30.5 Å². The summed E-state index contributed by atoms with van der Waals surface area (Å²) >= 11 is 0. The van der Waals surface area contributed by atoms with Crippen LogP contribution in [0, 0.1) is 12.7 Å². The molecule has 0 saturated carbocycles. The molecule has 1 atom stereocenters. The van der Waals surface area contributed by atoms with Gasteiger partial charge in [0.25, 0.3) is 5.56 Å². The second kappa shape index (κ2) is 6.54. The van der Waals surface area contributed by atoms with E-state index in [9.17, 15) is 27.2 Å². The number of ketones is 1. The van der Waals surface area contributed by atoms with Crippen LogP contribution in [0.15, 0.2) is 29.1 Å². The standard InChI is InChI=1S/C16H14F4N2O2/c1-8(5-14(23)13-7-15(24)22-9(2)21-13)10-3-4-11(12(17)6-10)16(18,19)20/h3-4,6-8H,5H2,1-2H3,(H,21,22,24)/t8-/m0/s1. The second-order valence-electron chi connectivity index (χ2n) is 5.48. The van der Waals surface area contributed by atoms with Crippen molar-refractivity contribution >= 4 is 5.78 Å². The van der Waals surface area contributed by atoms with Gasteiger partial charge in [-0.3, -0.25) is 9.59 Å². The van der Waals surface area contributed by atoms with Gasteiger partial charge in [-0.15, -0.1) is 0 Å². The lowest BCUT2D eigenvalue weighted by Gasteiger charge is -2.14. The first-order valence-corrected chi connectivity index (χ1v) is 7.05. The highest BCUT2D eigenvalue weighted by molar-refractivity contribution is 5.94. The van der Waals surface area contributed by atoms with Gasteiger partial charge in [0.05, 0.1) is 5.56 Å². The number of hydrogen-bond acceptors (Lipinski definition) is 3. The first-order valence-electron chi connectivity index (χ1n) is 7.05. The SMILES string of the molecule is Cc1nc(C(=O)C[C@H](C)c2ccc(C(F)(F)F)c(F)c2)cc(=O)[nH]1. The topological polar surface area (TPSA) is 62.8 Å². The molecular formula is C16H14F4N2O2. The van der Waals surface area contributed by atoms with Crippen LogP contribution in [0.2, 0.25) is 0 Å². The summed E-state index contributed by atoms with van der Waals surface area (Å²) in [5.41, 5.74) is -1.60. The van der Waals surface area contributed by atoms with Gasteiger partial charge in [-0.25, -0.2) is 9.37 Å². The Morgan fingerprint density at radius 2 is 1.96 bits per heavy atom. The van der Waals surface area contributed by atoms with Gasteiger partial charge in [0.15, 0.2) is 5.78 Å². The number of H-pyrrole nitrogens is 1. The molecule has 0 radical (unpaired) electrons. The quantitative estimate of drug-likeness (QED) is 0.682. The van der Waals surface area contributed by atoms with Crippen LogP contribution < -0.4 is 5.56 Å². The van der Waals surface area contributed by atoms with Crippen molar-refractivity contribution in [1.29, 1.82) is 0 Å². The minimum absolute atomic E-state index is 0.0320. The number of nitrogens with one attached hydrogen (secondary N) is 1. The average Bonchev–Trinajstić information content (AvgIpc) is 2.44. The van der Waals surface area contributed by atoms with Crippen LogP contribution in [0.3, 0.4) is 0 Å². The Hall–Kier alpha value is -2.51. The Morgan fingerprint density at radius 3 is 2.50 bits per heavy atom. The zero-order chi connectivity index (χ0) is 18.1. The van der Waals surface area contributed by atoms with Crippen molar-refractivity contribution in [2.24, 2.45) is 0 Å². The summed E-state index contributed by atoms with van der Waals surface area (Å²) in [5, 5.41) is 0. The van der Waals surface area contributed by atoms with Crippen molar-refractivity contribution in [3.05, 3.63) is 63.1 Å². The summed E-state index contributed by atoms with van der Waals surface area (Å²) in [4.78, 5) is 29.8. The van der Waals surface area contributed by atoms with Gasteiger partial charge in [0.2, 0.25) is 0 Å². The van der Waals surface area contributed by atoms with Crippen LogP contribution in [0.4, 0.5) is 17.6 Å². The summed E-state index contributed by atoms with van der Waals surface area (Å²) in [5.74, 6) is -2.09. The molecule has 4 nitrogen and oxygen atoms in total. The van der Waals surface area contributed by atoms with Crippen molar-refractivity contribution in [3.8, 4) is 0 Å². The third-order valence-electron chi connectivity index (χ3n) is 3.50. The van der Waals surface area contributed by atoms with E-state index in [0.717, 1.165) is 18.2 Å². The van der Waals surface area contributed by atoms with E-state index in [-0.39, 0.29) is 23.5 Å². The average molecular weight is 342 g/mol. The number of Topliss-reactive ketones (excluding diaryl/α,β-unsaturated/α-hetero) is 1. The molecule has 0 aliphatic carbocycles. The summed E-state index contributed by atoms with van der Waals surface area (Å²) in [6.07, 6.45) is -4.88. The molecule has 0 amide bonds. The van der Waals surface area contributed by atoms with Crippen LogP contribution in [0.1, 0.15) is 46.7 Å².